The maximum Gasteiger partial charge on any atom is 0.343 e. The van der Waals surface area contributed by atoms with Crippen molar-refractivity contribution in [1.29, 1.82) is 0 Å². The molecule has 0 spiro atoms. The molecule has 0 bridgehead atoms. The Morgan fingerprint density at radius 1 is 0.229 bits per heavy atom. The Labute approximate surface area is 615 Å². The molecule has 0 aliphatic rings. The van der Waals surface area contributed by atoms with Gasteiger partial charge in [-0.05, 0) is 183 Å². The van der Waals surface area contributed by atoms with Crippen LogP contribution in [0.5, 0.6) is 51.7 Å². The number of carbonyl (C=O) groups is 7. The highest BCUT2D eigenvalue weighted by atomic mass is 19.1. The maximum atomic E-state index is 14.9. The summed E-state index contributed by atoms with van der Waals surface area (Å²) in [5.74, 6) is -6.06. The fourth-order valence-electron chi connectivity index (χ4n) is 11.5. The smallest absolute Gasteiger partial charge is 0.343 e. The largest absolute Gasteiger partial charge is 0.491 e. The minimum absolute atomic E-state index is 0.0158. The summed E-state index contributed by atoms with van der Waals surface area (Å²) in [5.41, 5.74) is 0.410. The molecule has 0 saturated carbocycles. The zero-order chi connectivity index (χ0) is 74.2. The van der Waals surface area contributed by atoms with Crippen LogP contribution in [0.15, 0.2) is 182 Å². The molecule has 8 aromatic rings. The number of rotatable bonds is 46. The molecule has 0 N–H and O–H groups in total. The van der Waals surface area contributed by atoms with Gasteiger partial charge in [0.15, 0.2) is 23.1 Å². The Kier molecular flexibility index (Phi) is 34.3. The minimum atomic E-state index is -0.802. The van der Waals surface area contributed by atoms with Crippen molar-refractivity contribution >= 4 is 41.8 Å². The summed E-state index contributed by atoms with van der Waals surface area (Å²) >= 11 is 0. The van der Waals surface area contributed by atoms with E-state index in [9.17, 15) is 42.3 Å². The van der Waals surface area contributed by atoms with Crippen LogP contribution in [0.4, 0.5) is 8.78 Å². The second kappa shape index (κ2) is 44.9. The molecule has 0 heterocycles. The lowest BCUT2D eigenvalue weighted by Gasteiger charge is -2.10. The third kappa shape index (κ3) is 28.6. The second-order valence-corrected chi connectivity index (χ2v) is 26.0. The Hall–Kier alpha value is -10.5. The average molecular weight is 1440 g/mol. The number of halogens is 2. The molecule has 0 aliphatic heterocycles. The molecular formula is C87H96F2O16. The summed E-state index contributed by atoms with van der Waals surface area (Å²) in [4.78, 5) is 91.6. The molecule has 0 aromatic heterocycles. The highest BCUT2D eigenvalue weighted by Gasteiger charge is 2.20. The van der Waals surface area contributed by atoms with Crippen LogP contribution in [0.1, 0.15) is 266 Å². The van der Waals surface area contributed by atoms with E-state index < -0.39 is 53.4 Å². The van der Waals surface area contributed by atoms with Crippen LogP contribution in [0, 0.1) is 11.6 Å². The molecule has 16 nitrogen and oxygen atoms in total. The molecule has 0 fully saturated rings. The van der Waals surface area contributed by atoms with Crippen molar-refractivity contribution in [3.05, 3.63) is 233 Å². The van der Waals surface area contributed by atoms with Gasteiger partial charge in [-0.3, -0.25) is 0 Å². The third-order valence-electron chi connectivity index (χ3n) is 17.6. The summed E-state index contributed by atoms with van der Waals surface area (Å²) in [7, 11) is 0. The monoisotopic (exact) mass is 1430 g/mol. The fourth-order valence-corrected chi connectivity index (χ4v) is 11.5. The van der Waals surface area contributed by atoms with E-state index in [1.54, 1.807) is 0 Å². The lowest BCUT2D eigenvalue weighted by molar-refractivity contribution is 0.0711. The SMILES string of the molecule is CCCCCCCCCCCCCCCCOc1ccc(C(=O)Oc2ccc(C(=O)Oc3cccc(C(=O)Oc4ccc(OC(=O)c5ccc(OC(=O)c6cccc(OC(=O)c7ccc(OC(=O)c8ccc(OCCCCCCCCCCCCCCCC)c(F)c8)cc7)c6)cc5)cc4)c3)cc2)cc1F. The molecule has 554 valence electrons. The van der Waals surface area contributed by atoms with Crippen LogP contribution in [0.2, 0.25) is 0 Å². The molecule has 0 saturated heterocycles. The maximum absolute atomic E-state index is 14.9. The van der Waals surface area contributed by atoms with Crippen LogP contribution in [0.3, 0.4) is 0 Å². The molecule has 0 atom stereocenters. The molecule has 0 radical (unpaired) electrons. The number of unbranched alkanes of at least 4 members (excludes halogenated alkanes) is 26. The van der Waals surface area contributed by atoms with E-state index in [2.05, 4.69) is 13.8 Å². The zero-order valence-corrected chi connectivity index (χ0v) is 60.3. The van der Waals surface area contributed by atoms with Crippen molar-refractivity contribution in [1.82, 2.24) is 0 Å². The molecule has 8 rings (SSSR count). The van der Waals surface area contributed by atoms with Crippen molar-refractivity contribution in [3.8, 4) is 51.7 Å². The van der Waals surface area contributed by atoms with Gasteiger partial charge in [0, 0.05) is 0 Å². The topological polar surface area (TPSA) is 203 Å². The van der Waals surface area contributed by atoms with Crippen LogP contribution < -0.4 is 42.6 Å². The Morgan fingerprint density at radius 2 is 0.438 bits per heavy atom. The summed E-state index contributed by atoms with van der Waals surface area (Å²) in [6.45, 7) is 5.24. The van der Waals surface area contributed by atoms with Gasteiger partial charge in [-0.25, -0.2) is 42.3 Å². The number of hydrogen-bond donors (Lipinski definition) is 0. The van der Waals surface area contributed by atoms with Gasteiger partial charge in [0.1, 0.15) is 40.2 Å². The third-order valence-corrected chi connectivity index (χ3v) is 17.6. The Bertz CT molecular complexity index is 4040. The predicted molar refractivity (Wildman–Crippen MR) is 398 cm³/mol. The van der Waals surface area contributed by atoms with Crippen molar-refractivity contribution in [2.75, 3.05) is 13.2 Å². The van der Waals surface area contributed by atoms with Crippen molar-refractivity contribution in [3.63, 3.8) is 0 Å². The van der Waals surface area contributed by atoms with Crippen molar-refractivity contribution < 1.29 is 85.0 Å². The first-order valence-corrected chi connectivity index (χ1v) is 37.2. The number of hydrogen-bond acceptors (Lipinski definition) is 16. The van der Waals surface area contributed by atoms with Gasteiger partial charge in [0.2, 0.25) is 0 Å². The Balaban J connectivity index is 0.691. The molecular weight excluding hydrogens is 1340 g/mol. The van der Waals surface area contributed by atoms with E-state index in [0.29, 0.717) is 13.2 Å². The highest BCUT2D eigenvalue weighted by molar-refractivity contribution is 5.96. The quantitative estimate of drug-likeness (QED) is 0.0198. The summed E-state index contributed by atoms with van der Waals surface area (Å²) in [6.07, 6.45) is 34.6. The number of benzene rings is 8. The first-order chi connectivity index (χ1) is 51.2. The van der Waals surface area contributed by atoms with Gasteiger partial charge >= 0.3 is 41.8 Å². The van der Waals surface area contributed by atoms with Crippen LogP contribution in [-0.2, 0) is 0 Å². The van der Waals surface area contributed by atoms with Crippen LogP contribution in [0.25, 0.3) is 0 Å². The highest BCUT2D eigenvalue weighted by Crippen LogP contribution is 2.28. The van der Waals surface area contributed by atoms with E-state index in [1.165, 1.54) is 311 Å². The Morgan fingerprint density at radius 3 is 0.695 bits per heavy atom. The summed E-state index contributed by atoms with van der Waals surface area (Å²) in [5, 5.41) is 0. The summed E-state index contributed by atoms with van der Waals surface area (Å²) in [6, 6.07) is 41.7. The van der Waals surface area contributed by atoms with E-state index >= 15 is 0 Å². The van der Waals surface area contributed by atoms with Crippen LogP contribution >= 0.6 is 0 Å². The molecule has 18 heteroatoms. The molecule has 0 aliphatic carbocycles. The molecule has 8 aromatic carbocycles. The molecule has 0 amide bonds. The number of esters is 7. The van der Waals surface area contributed by atoms with Crippen LogP contribution in [-0.4, -0.2) is 55.0 Å². The number of ether oxygens (including phenoxy) is 9. The van der Waals surface area contributed by atoms with E-state index in [0.717, 1.165) is 50.7 Å². The van der Waals surface area contributed by atoms with Gasteiger partial charge in [-0.15, -0.1) is 0 Å². The molecule has 0 unspecified atom stereocenters. The lowest BCUT2D eigenvalue weighted by atomic mass is 10.0. The molecule has 105 heavy (non-hydrogen) atoms. The van der Waals surface area contributed by atoms with Gasteiger partial charge in [-0.2, -0.15) is 0 Å². The normalized spacial score (nSPS) is 10.9. The van der Waals surface area contributed by atoms with E-state index in [1.807, 2.05) is 0 Å². The average Bonchev–Trinajstić information content (AvgIpc) is 0.855. The van der Waals surface area contributed by atoms with E-state index in [-0.39, 0.29) is 90.7 Å². The zero-order valence-electron chi connectivity index (χ0n) is 60.3. The fraction of sp³-hybridized carbons (Fsp3) is 0.368. The van der Waals surface area contributed by atoms with Gasteiger partial charge in [0.25, 0.3) is 0 Å². The lowest BCUT2D eigenvalue weighted by Crippen LogP contribution is -2.12. The number of carbonyl (C=O) groups excluding carboxylic acids is 7. The van der Waals surface area contributed by atoms with E-state index in [4.69, 9.17) is 42.6 Å². The van der Waals surface area contributed by atoms with Crippen molar-refractivity contribution in [2.24, 2.45) is 0 Å². The summed E-state index contributed by atoms with van der Waals surface area (Å²) < 4.78 is 79.7. The van der Waals surface area contributed by atoms with Gasteiger partial charge in [-0.1, -0.05) is 193 Å². The first kappa shape index (κ1) is 80.2. The van der Waals surface area contributed by atoms with Gasteiger partial charge < -0.3 is 42.6 Å². The van der Waals surface area contributed by atoms with Gasteiger partial charge in [0.05, 0.1) is 52.2 Å². The standard InChI is InChI=1S/C87H96F2O16/c1-3-5-7-9-11-13-15-17-19-21-23-25-27-29-57-97-79-55-43-68(61-77(79)88)86(95)101-71-47-39-64(40-48-71)82(91)104-75-35-31-33-66(59-75)84(93)100-70-45-37-63(38-46-70)81(90)99-73-51-53-74(54-52-73)103-85(94)67-34-32-36-76(60-67)105-83(92)65-41-49-72(50-42-65)102-87(96)69-44-56-80(78(89)62-69)98-58-30-28-26-24-22-20-18-16-14-12-10-8-6-4-2/h31-56,59-62H,3-30,57-58H2,1-2H3. The van der Waals surface area contributed by atoms with Crippen molar-refractivity contribution in [2.45, 2.75) is 194 Å². The predicted octanol–water partition coefficient (Wildman–Crippen LogP) is 22.2. The first-order valence-electron chi connectivity index (χ1n) is 37.2. The second-order valence-electron chi connectivity index (χ2n) is 26.0. The minimum Gasteiger partial charge on any atom is -0.491 e.